The van der Waals surface area contributed by atoms with Gasteiger partial charge in [-0.2, -0.15) is 0 Å². The van der Waals surface area contributed by atoms with Crippen molar-refractivity contribution in [2.75, 3.05) is 26.7 Å². The number of amides is 1. The van der Waals surface area contributed by atoms with Gasteiger partial charge in [0.25, 0.3) is 0 Å². The van der Waals surface area contributed by atoms with Crippen LogP contribution in [-0.4, -0.2) is 54.7 Å². The van der Waals surface area contributed by atoms with E-state index in [1.807, 2.05) is 7.05 Å². The first kappa shape index (κ1) is 13.8. The minimum Gasteiger partial charge on any atom is -0.373 e. The second kappa shape index (κ2) is 4.79. The van der Waals surface area contributed by atoms with Gasteiger partial charge >= 0.3 is 0 Å². The molecule has 2 aliphatic rings. The average molecular weight is 255 g/mol. The van der Waals surface area contributed by atoms with Gasteiger partial charge in [0, 0.05) is 19.1 Å². The van der Waals surface area contributed by atoms with Crippen LogP contribution in [0.25, 0.3) is 0 Å². The van der Waals surface area contributed by atoms with Crippen molar-refractivity contribution < 1.29 is 9.53 Å². The summed E-state index contributed by atoms with van der Waals surface area (Å²) < 4.78 is 5.73. The lowest BCUT2D eigenvalue weighted by Crippen LogP contribution is -2.55. The van der Waals surface area contributed by atoms with Gasteiger partial charge in [-0.25, -0.2) is 0 Å². The third-order valence-electron chi connectivity index (χ3n) is 4.41. The zero-order chi connectivity index (χ0) is 13.4. The maximum absolute atomic E-state index is 11.6. The lowest BCUT2D eigenvalue weighted by atomic mass is 9.96. The molecule has 0 bridgehead atoms. The number of morpholine rings is 1. The van der Waals surface area contributed by atoms with Crippen molar-refractivity contribution in [3.8, 4) is 0 Å². The van der Waals surface area contributed by atoms with Crippen LogP contribution < -0.4 is 11.1 Å². The maximum Gasteiger partial charge on any atom is 0.237 e. The molecule has 5 heteroatoms. The van der Waals surface area contributed by atoms with E-state index in [4.69, 9.17) is 10.5 Å². The van der Waals surface area contributed by atoms with E-state index >= 15 is 0 Å². The summed E-state index contributed by atoms with van der Waals surface area (Å²) in [6.45, 7) is 6.89. The Bertz CT molecular complexity index is 332. The molecule has 104 valence electrons. The molecule has 0 aromatic rings. The molecular formula is C13H25N3O2. The fourth-order valence-corrected chi connectivity index (χ4v) is 3.27. The van der Waals surface area contributed by atoms with Gasteiger partial charge in [0.15, 0.2) is 0 Å². The molecule has 2 rings (SSSR count). The summed E-state index contributed by atoms with van der Waals surface area (Å²) in [5.41, 5.74) is 4.95. The first-order valence-electron chi connectivity index (χ1n) is 6.75. The van der Waals surface area contributed by atoms with Gasteiger partial charge in [-0.3, -0.25) is 9.69 Å². The number of primary amides is 1. The van der Waals surface area contributed by atoms with Crippen molar-refractivity contribution in [2.24, 2.45) is 5.73 Å². The van der Waals surface area contributed by atoms with Gasteiger partial charge in [0.05, 0.1) is 17.7 Å². The van der Waals surface area contributed by atoms with Crippen molar-refractivity contribution in [3.63, 3.8) is 0 Å². The summed E-state index contributed by atoms with van der Waals surface area (Å²) in [5.74, 6) is -0.222. The molecule has 1 saturated heterocycles. The normalized spacial score (nSPS) is 36.7. The van der Waals surface area contributed by atoms with Gasteiger partial charge < -0.3 is 15.8 Å². The van der Waals surface area contributed by atoms with Crippen molar-refractivity contribution in [1.82, 2.24) is 10.2 Å². The van der Waals surface area contributed by atoms with Crippen molar-refractivity contribution in [3.05, 3.63) is 0 Å². The van der Waals surface area contributed by atoms with Crippen LogP contribution in [0.5, 0.6) is 0 Å². The molecule has 0 aromatic heterocycles. The Morgan fingerprint density at radius 1 is 1.50 bits per heavy atom. The number of nitrogens with one attached hydrogen (secondary N) is 1. The maximum atomic E-state index is 11.6. The highest BCUT2D eigenvalue weighted by Gasteiger charge is 2.45. The zero-order valence-corrected chi connectivity index (χ0v) is 11.7. The standard InChI is InChI=1S/C13H25N3O2/c1-12(2)9-16(6-7-18-12)10-4-5-13(8-10,15-3)11(14)17/h10,15H,4-9H2,1-3H3,(H2,14,17). The van der Waals surface area contributed by atoms with Crippen LogP contribution in [-0.2, 0) is 9.53 Å². The SMILES string of the molecule is CNC1(C(N)=O)CCC(N2CCOC(C)(C)C2)C1. The lowest BCUT2D eigenvalue weighted by molar-refractivity contribution is -0.124. The highest BCUT2D eigenvalue weighted by Crippen LogP contribution is 2.34. The summed E-state index contributed by atoms with van der Waals surface area (Å²) in [6.07, 6.45) is 2.68. The number of hydrogen-bond donors (Lipinski definition) is 2. The molecule has 1 amide bonds. The fraction of sp³-hybridized carbons (Fsp3) is 0.923. The van der Waals surface area contributed by atoms with E-state index in [-0.39, 0.29) is 11.5 Å². The van der Waals surface area contributed by atoms with Crippen LogP contribution in [0.1, 0.15) is 33.1 Å². The number of hydrogen-bond acceptors (Lipinski definition) is 4. The quantitative estimate of drug-likeness (QED) is 0.750. The summed E-state index contributed by atoms with van der Waals surface area (Å²) >= 11 is 0. The van der Waals surface area contributed by atoms with E-state index in [1.54, 1.807) is 0 Å². The van der Waals surface area contributed by atoms with E-state index in [9.17, 15) is 4.79 Å². The van der Waals surface area contributed by atoms with E-state index in [2.05, 4.69) is 24.1 Å². The molecular weight excluding hydrogens is 230 g/mol. The lowest BCUT2D eigenvalue weighted by Gasteiger charge is -2.41. The Balaban J connectivity index is 2.02. The average Bonchev–Trinajstić information content (AvgIpc) is 2.73. The molecule has 1 heterocycles. The molecule has 5 nitrogen and oxygen atoms in total. The molecule has 2 atom stereocenters. The fourth-order valence-electron chi connectivity index (χ4n) is 3.27. The van der Waals surface area contributed by atoms with Crippen molar-refractivity contribution in [2.45, 2.75) is 50.3 Å². The van der Waals surface area contributed by atoms with Gasteiger partial charge in [-0.05, 0) is 40.2 Å². The first-order valence-corrected chi connectivity index (χ1v) is 6.75. The molecule has 1 aliphatic heterocycles. The summed E-state index contributed by atoms with van der Waals surface area (Å²) in [6, 6.07) is 0.438. The van der Waals surface area contributed by atoms with E-state index in [0.29, 0.717) is 6.04 Å². The summed E-state index contributed by atoms with van der Waals surface area (Å²) in [5, 5.41) is 3.13. The Kier molecular flexibility index (Phi) is 3.67. The van der Waals surface area contributed by atoms with Crippen LogP contribution >= 0.6 is 0 Å². The van der Waals surface area contributed by atoms with Crippen LogP contribution in [0.4, 0.5) is 0 Å². The number of nitrogens with two attached hydrogens (primary N) is 1. The summed E-state index contributed by atoms with van der Waals surface area (Å²) in [7, 11) is 1.83. The molecule has 1 aliphatic carbocycles. The van der Waals surface area contributed by atoms with Gasteiger partial charge in [0.2, 0.25) is 5.91 Å². The molecule has 0 aromatic carbocycles. The summed E-state index contributed by atoms with van der Waals surface area (Å²) in [4.78, 5) is 14.1. The van der Waals surface area contributed by atoms with Crippen LogP contribution in [0, 0.1) is 0 Å². The number of rotatable bonds is 3. The molecule has 0 spiro atoms. The van der Waals surface area contributed by atoms with Gasteiger partial charge in [-0.1, -0.05) is 0 Å². The molecule has 18 heavy (non-hydrogen) atoms. The zero-order valence-electron chi connectivity index (χ0n) is 11.7. The number of carbonyl (C=O) groups is 1. The van der Waals surface area contributed by atoms with Gasteiger partial charge in [0.1, 0.15) is 0 Å². The van der Waals surface area contributed by atoms with Crippen LogP contribution in [0.2, 0.25) is 0 Å². The minimum atomic E-state index is -0.507. The molecule has 0 radical (unpaired) electrons. The Hall–Kier alpha value is -0.650. The highest BCUT2D eigenvalue weighted by atomic mass is 16.5. The van der Waals surface area contributed by atoms with Crippen LogP contribution in [0.15, 0.2) is 0 Å². The number of ether oxygens (including phenoxy) is 1. The number of carbonyl (C=O) groups excluding carboxylic acids is 1. The van der Waals surface area contributed by atoms with Crippen molar-refractivity contribution in [1.29, 1.82) is 0 Å². The monoisotopic (exact) mass is 255 g/mol. The van der Waals surface area contributed by atoms with Crippen LogP contribution in [0.3, 0.4) is 0 Å². The second-order valence-corrected chi connectivity index (χ2v) is 6.17. The third kappa shape index (κ3) is 2.53. The molecule has 3 N–H and O–H groups in total. The van der Waals surface area contributed by atoms with E-state index < -0.39 is 5.54 Å². The smallest absolute Gasteiger partial charge is 0.237 e. The highest BCUT2D eigenvalue weighted by molar-refractivity contribution is 5.85. The number of nitrogens with zero attached hydrogens (tertiary/aromatic N) is 1. The Morgan fingerprint density at radius 3 is 2.72 bits per heavy atom. The molecule has 1 saturated carbocycles. The predicted octanol–water partition coefficient (Wildman–Crippen LogP) is 0.0932. The minimum absolute atomic E-state index is 0.0874. The molecule has 2 unspecified atom stereocenters. The largest absolute Gasteiger partial charge is 0.373 e. The second-order valence-electron chi connectivity index (χ2n) is 6.17. The van der Waals surface area contributed by atoms with Gasteiger partial charge in [-0.15, -0.1) is 0 Å². The Morgan fingerprint density at radius 2 is 2.22 bits per heavy atom. The van der Waals surface area contributed by atoms with E-state index in [1.165, 1.54) is 0 Å². The third-order valence-corrected chi connectivity index (χ3v) is 4.41. The molecule has 2 fully saturated rings. The van der Waals surface area contributed by atoms with E-state index in [0.717, 1.165) is 39.0 Å². The number of likely N-dealkylation sites (N-methyl/N-ethyl adjacent to an activating group) is 1. The predicted molar refractivity (Wildman–Crippen MR) is 70.2 cm³/mol. The Labute approximate surface area is 109 Å². The topological polar surface area (TPSA) is 67.6 Å². The first-order chi connectivity index (χ1) is 8.38. The van der Waals surface area contributed by atoms with Crippen molar-refractivity contribution >= 4 is 5.91 Å².